The molecule has 2 aromatic carbocycles. The molecule has 0 unspecified atom stereocenters. The molecule has 8 heteroatoms. The molecule has 0 aliphatic rings. The van der Waals surface area contributed by atoms with Gasteiger partial charge in [-0.05, 0) is 43.7 Å². The Bertz CT molecular complexity index is 1180. The molecule has 2 amide bonds. The number of carbonyl (C=O) groups is 2. The summed E-state index contributed by atoms with van der Waals surface area (Å²) in [6.45, 7) is 5.79. The SMILES string of the molecule is COc1ccc(NC(C)=O)c(NC(=O)/C=C/c2c(C)nn(Cc3ccccc3Cl)c2C)c1. The van der Waals surface area contributed by atoms with Gasteiger partial charge in [-0.2, -0.15) is 5.10 Å². The fraction of sp³-hybridized carbons (Fsp3) is 0.208. The Morgan fingerprint density at radius 3 is 2.56 bits per heavy atom. The zero-order valence-electron chi connectivity index (χ0n) is 18.4. The lowest BCUT2D eigenvalue weighted by Crippen LogP contribution is -2.13. The molecule has 0 saturated carbocycles. The summed E-state index contributed by atoms with van der Waals surface area (Å²) in [7, 11) is 1.53. The van der Waals surface area contributed by atoms with Crippen molar-refractivity contribution in [3.8, 4) is 5.75 Å². The van der Waals surface area contributed by atoms with Gasteiger partial charge in [0.15, 0.2) is 0 Å². The average molecular weight is 453 g/mol. The molecule has 7 nitrogen and oxygen atoms in total. The van der Waals surface area contributed by atoms with E-state index in [0.717, 1.165) is 22.5 Å². The Labute approximate surface area is 192 Å². The molecule has 0 aliphatic heterocycles. The standard InChI is InChI=1S/C24H25ClN4O3/c1-15-20(16(2)29(28-15)14-18-7-5-6-8-21(18)25)10-12-24(31)27-23-13-19(32-4)9-11-22(23)26-17(3)30/h5-13H,14H2,1-4H3,(H,26,30)(H,27,31)/b12-10+. The van der Waals surface area contributed by atoms with Crippen molar-refractivity contribution in [3.05, 3.63) is 76.1 Å². The second kappa shape index (κ2) is 10.2. The molecule has 1 heterocycles. The lowest BCUT2D eigenvalue weighted by molar-refractivity contribution is -0.114. The minimum atomic E-state index is -0.345. The number of amides is 2. The smallest absolute Gasteiger partial charge is 0.248 e. The summed E-state index contributed by atoms with van der Waals surface area (Å²) in [6.07, 6.45) is 3.17. The van der Waals surface area contributed by atoms with Gasteiger partial charge in [-0.15, -0.1) is 0 Å². The Balaban J connectivity index is 1.78. The molecule has 3 aromatic rings. The molecular formula is C24H25ClN4O3. The average Bonchev–Trinajstić information content (AvgIpc) is 3.01. The minimum absolute atomic E-state index is 0.238. The summed E-state index contributed by atoms with van der Waals surface area (Å²) >= 11 is 6.28. The number of aromatic nitrogens is 2. The number of nitrogens with zero attached hydrogens (tertiary/aromatic N) is 2. The number of anilines is 2. The first-order chi connectivity index (χ1) is 15.3. The van der Waals surface area contributed by atoms with Gasteiger partial charge in [0.25, 0.3) is 0 Å². The van der Waals surface area contributed by atoms with Crippen molar-refractivity contribution in [3.63, 3.8) is 0 Å². The van der Waals surface area contributed by atoms with Crippen LogP contribution in [0.15, 0.2) is 48.5 Å². The van der Waals surface area contributed by atoms with Crippen LogP contribution in [0, 0.1) is 13.8 Å². The van der Waals surface area contributed by atoms with E-state index >= 15 is 0 Å². The van der Waals surface area contributed by atoms with E-state index in [0.29, 0.717) is 28.7 Å². The largest absolute Gasteiger partial charge is 0.497 e. The van der Waals surface area contributed by atoms with Crippen LogP contribution in [0.25, 0.3) is 6.08 Å². The van der Waals surface area contributed by atoms with E-state index in [1.54, 1.807) is 24.3 Å². The maximum Gasteiger partial charge on any atom is 0.248 e. The van der Waals surface area contributed by atoms with Crippen LogP contribution < -0.4 is 15.4 Å². The molecule has 166 valence electrons. The van der Waals surface area contributed by atoms with E-state index in [1.807, 2.05) is 42.8 Å². The van der Waals surface area contributed by atoms with Crippen LogP contribution in [-0.4, -0.2) is 28.7 Å². The highest BCUT2D eigenvalue weighted by atomic mass is 35.5. The Morgan fingerprint density at radius 2 is 1.88 bits per heavy atom. The van der Waals surface area contributed by atoms with Crippen LogP contribution >= 0.6 is 11.6 Å². The molecule has 2 N–H and O–H groups in total. The van der Waals surface area contributed by atoms with Crippen molar-refractivity contribution in [2.75, 3.05) is 17.7 Å². The summed E-state index contributed by atoms with van der Waals surface area (Å²) in [5.41, 5.74) is 4.49. The number of hydrogen-bond donors (Lipinski definition) is 2. The lowest BCUT2D eigenvalue weighted by atomic mass is 10.1. The monoisotopic (exact) mass is 452 g/mol. The minimum Gasteiger partial charge on any atom is -0.497 e. The summed E-state index contributed by atoms with van der Waals surface area (Å²) < 4.78 is 7.08. The van der Waals surface area contributed by atoms with Crippen LogP contribution in [0.1, 0.15) is 29.4 Å². The first-order valence-corrected chi connectivity index (χ1v) is 10.4. The van der Waals surface area contributed by atoms with Crippen molar-refractivity contribution in [1.82, 2.24) is 9.78 Å². The molecule has 3 rings (SSSR count). The van der Waals surface area contributed by atoms with Gasteiger partial charge in [0.2, 0.25) is 11.8 Å². The Morgan fingerprint density at radius 1 is 1.12 bits per heavy atom. The van der Waals surface area contributed by atoms with Crippen molar-refractivity contribution < 1.29 is 14.3 Å². The van der Waals surface area contributed by atoms with Gasteiger partial charge in [-0.25, -0.2) is 0 Å². The maximum atomic E-state index is 12.6. The van der Waals surface area contributed by atoms with E-state index in [4.69, 9.17) is 16.3 Å². The molecule has 1 aromatic heterocycles. The third-order valence-corrected chi connectivity index (χ3v) is 5.28. The predicted octanol–water partition coefficient (Wildman–Crippen LogP) is 4.82. The predicted molar refractivity (Wildman–Crippen MR) is 127 cm³/mol. The van der Waals surface area contributed by atoms with Crippen LogP contribution in [0.4, 0.5) is 11.4 Å². The van der Waals surface area contributed by atoms with Crippen molar-refractivity contribution >= 4 is 40.9 Å². The van der Waals surface area contributed by atoms with Gasteiger partial charge in [0.1, 0.15) is 5.75 Å². The normalized spacial score (nSPS) is 10.9. The lowest BCUT2D eigenvalue weighted by Gasteiger charge is -2.12. The Hall–Kier alpha value is -3.58. The number of benzene rings is 2. The Kier molecular flexibility index (Phi) is 7.33. The van der Waals surface area contributed by atoms with E-state index < -0.39 is 0 Å². The van der Waals surface area contributed by atoms with Crippen LogP contribution in [0.2, 0.25) is 5.02 Å². The topological polar surface area (TPSA) is 85.2 Å². The summed E-state index contributed by atoms with van der Waals surface area (Å²) in [5, 5.41) is 10.8. The van der Waals surface area contributed by atoms with Crippen LogP contribution in [0.5, 0.6) is 5.75 Å². The molecule has 0 bridgehead atoms. The molecule has 0 aliphatic carbocycles. The fourth-order valence-corrected chi connectivity index (χ4v) is 3.48. The zero-order valence-corrected chi connectivity index (χ0v) is 19.2. The third-order valence-electron chi connectivity index (χ3n) is 4.91. The molecule has 0 radical (unpaired) electrons. The highest BCUT2D eigenvalue weighted by molar-refractivity contribution is 6.31. The molecule has 0 fully saturated rings. The number of aryl methyl sites for hydroxylation is 1. The van der Waals surface area contributed by atoms with Gasteiger partial charge in [-0.3, -0.25) is 14.3 Å². The van der Waals surface area contributed by atoms with E-state index in [-0.39, 0.29) is 11.8 Å². The number of ether oxygens (including phenoxy) is 1. The van der Waals surface area contributed by atoms with Gasteiger partial charge in [-0.1, -0.05) is 29.8 Å². The molecule has 0 spiro atoms. The molecule has 0 atom stereocenters. The number of rotatable bonds is 7. The second-order valence-electron chi connectivity index (χ2n) is 7.25. The van der Waals surface area contributed by atoms with Gasteiger partial charge < -0.3 is 15.4 Å². The highest BCUT2D eigenvalue weighted by Gasteiger charge is 2.12. The first-order valence-electron chi connectivity index (χ1n) is 10.0. The second-order valence-corrected chi connectivity index (χ2v) is 7.66. The number of carbonyl (C=O) groups excluding carboxylic acids is 2. The molecule has 32 heavy (non-hydrogen) atoms. The van der Waals surface area contributed by atoms with E-state index in [1.165, 1.54) is 20.1 Å². The summed E-state index contributed by atoms with van der Waals surface area (Å²) in [6, 6.07) is 12.7. The summed E-state index contributed by atoms with van der Waals surface area (Å²) in [4.78, 5) is 24.1. The van der Waals surface area contributed by atoms with Crippen molar-refractivity contribution in [2.45, 2.75) is 27.3 Å². The number of halogens is 1. The van der Waals surface area contributed by atoms with Crippen molar-refractivity contribution in [1.29, 1.82) is 0 Å². The van der Waals surface area contributed by atoms with Gasteiger partial charge in [0.05, 0.1) is 30.7 Å². The van der Waals surface area contributed by atoms with Gasteiger partial charge >= 0.3 is 0 Å². The van der Waals surface area contributed by atoms with Crippen molar-refractivity contribution in [2.24, 2.45) is 0 Å². The fourth-order valence-electron chi connectivity index (χ4n) is 3.28. The van der Waals surface area contributed by atoms with E-state index in [9.17, 15) is 9.59 Å². The summed E-state index contributed by atoms with van der Waals surface area (Å²) in [5.74, 6) is -0.0215. The van der Waals surface area contributed by atoms with E-state index in [2.05, 4.69) is 15.7 Å². The number of hydrogen-bond acceptors (Lipinski definition) is 4. The number of methoxy groups -OCH3 is 1. The quantitative estimate of drug-likeness (QED) is 0.503. The van der Waals surface area contributed by atoms with Crippen LogP contribution in [0.3, 0.4) is 0 Å². The molecular weight excluding hydrogens is 428 g/mol. The van der Waals surface area contributed by atoms with Gasteiger partial charge in [0, 0.05) is 35.3 Å². The zero-order chi connectivity index (χ0) is 23.3. The maximum absolute atomic E-state index is 12.6. The third kappa shape index (κ3) is 5.56. The van der Waals surface area contributed by atoms with Crippen LogP contribution in [-0.2, 0) is 16.1 Å². The number of nitrogens with one attached hydrogen (secondary N) is 2. The first kappa shape index (κ1) is 23.1. The highest BCUT2D eigenvalue weighted by Crippen LogP contribution is 2.27. The molecule has 0 saturated heterocycles.